The van der Waals surface area contributed by atoms with Gasteiger partial charge >= 0.3 is 12.0 Å². The van der Waals surface area contributed by atoms with Crippen LogP contribution in [-0.4, -0.2) is 23.7 Å². The van der Waals surface area contributed by atoms with E-state index in [-0.39, 0.29) is 6.54 Å². The van der Waals surface area contributed by atoms with Crippen molar-refractivity contribution in [3.63, 3.8) is 0 Å². The number of halogens is 1. The van der Waals surface area contributed by atoms with E-state index in [2.05, 4.69) is 10.6 Å². The van der Waals surface area contributed by atoms with Crippen LogP contribution in [-0.2, 0) is 4.79 Å². The number of nitrogens with zero attached hydrogens (tertiary/aromatic N) is 1. The Balaban J connectivity index is 1.96. The number of hydrogen-bond acceptors (Lipinski definition) is 3. The lowest BCUT2D eigenvalue weighted by molar-refractivity contribution is -0.153. The Kier molecular flexibility index (Phi) is 4.34. The first-order valence-corrected chi connectivity index (χ1v) is 6.82. The number of nitriles is 1. The summed E-state index contributed by atoms with van der Waals surface area (Å²) < 4.78 is 0. The smallest absolute Gasteiger partial charge is 0.319 e. The number of carbonyl (C=O) groups excluding carboxylic acids is 1. The molecular formula is C14H14ClN3O3. The average Bonchev–Trinajstić information content (AvgIpc) is 2.39. The molecule has 7 heteroatoms. The number of carbonyl (C=O) groups is 2. The SMILES string of the molecule is N#Cc1ccc(Cl)c(NC(=O)NCC2(C(=O)O)CCC2)c1. The van der Waals surface area contributed by atoms with E-state index in [9.17, 15) is 9.59 Å². The van der Waals surface area contributed by atoms with Crippen LogP contribution in [0.1, 0.15) is 24.8 Å². The summed E-state index contributed by atoms with van der Waals surface area (Å²) in [6.07, 6.45) is 1.98. The van der Waals surface area contributed by atoms with Gasteiger partial charge in [-0.2, -0.15) is 5.26 Å². The monoisotopic (exact) mass is 307 g/mol. The molecule has 0 bridgehead atoms. The Bertz CT molecular complexity index is 620. The number of urea groups is 1. The standard InChI is InChI=1S/C14H14ClN3O3/c15-10-3-2-9(7-16)6-11(10)18-13(21)17-8-14(12(19)20)4-1-5-14/h2-3,6H,1,4-5,8H2,(H,19,20)(H2,17,18,21). The van der Waals surface area contributed by atoms with Crippen molar-refractivity contribution in [1.82, 2.24) is 5.32 Å². The summed E-state index contributed by atoms with van der Waals surface area (Å²) in [7, 11) is 0. The number of carboxylic acid groups (broad SMARTS) is 1. The molecule has 1 aromatic carbocycles. The second kappa shape index (κ2) is 6.02. The van der Waals surface area contributed by atoms with Crippen molar-refractivity contribution in [2.45, 2.75) is 19.3 Å². The maximum Gasteiger partial charge on any atom is 0.319 e. The number of anilines is 1. The van der Waals surface area contributed by atoms with E-state index in [4.69, 9.17) is 22.0 Å². The average molecular weight is 308 g/mol. The summed E-state index contributed by atoms with van der Waals surface area (Å²) in [5, 5.41) is 23.4. The highest BCUT2D eigenvalue weighted by molar-refractivity contribution is 6.33. The zero-order chi connectivity index (χ0) is 15.5. The zero-order valence-corrected chi connectivity index (χ0v) is 11.9. The molecule has 1 aliphatic carbocycles. The summed E-state index contributed by atoms with van der Waals surface area (Å²) in [5.41, 5.74) is -0.169. The van der Waals surface area contributed by atoms with E-state index in [0.29, 0.717) is 29.1 Å². The Hall–Kier alpha value is -2.26. The van der Waals surface area contributed by atoms with Gasteiger partial charge in [0, 0.05) is 6.54 Å². The van der Waals surface area contributed by atoms with Crippen LogP contribution in [0.15, 0.2) is 18.2 Å². The molecule has 0 saturated heterocycles. The Morgan fingerprint density at radius 2 is 2.14 bits per heavy atom. The number of carboxylic acids is 1. The van der Waals surface area contributed by atoms with Crippen LogP contribution in [0.3, 0.4) is 0 Å². The van der Waals surface area contributed by atoms with Gasteiger partial charge in [0.1, 0.15) is 0 Å². The molecular weight excluding hydrogens is 294 g/mol. The molecule has 0 unspecified atom stereocenters. The van der Waals surface area contributed by atoms with Crippen LogP contribution < -0.4 is 10.6 Å². The summed E-state index contributed by atoms with van der Waals surface area (Å²) in [5.74, 6) is -0.890. The van der Waals surface area contributed by atoms with Gasteiger partial charge in [-0.1, -0.05) is 18.0 Å². The van der Waals surface area contributed by atoms with Crippen molar-refractivity contribution >= 4 is 29.3 Å². The molecule has 3 N–H and O–H groups in total. The third-order valence-corrected chi connectivity index (χ3v) is 4.02. The van der Waals surface area contributed by atoms with Gasteiger partial charge in [-0.05, 0) is 31.0 Å². The van der Waals surface area contributed by atoms with E-state index in [0.717, 1.165) is 6.42 Å². The Morgan fingerprint density at radius 3 is 2.67 bits per heavy atom. The molecule has 0 atom stereocenters. The van der Waals surface area contributed by atoms with Crippen LogP contribution >= 0.6 is 11.6 Å². The number of benzene rings is 1. The molecule has 1 fully saturated rings. The van der Waals surface area contributed by atoms with Crippen molar-refractivity contribution in [2.24, 2.45) is 5.41 Å². The van der Waals surface area contributed by atoms with Crippen molar-refractivity contribution < 1.29 is 14.7 Å². The molecule has 1 aromatic rings. The highest BCUT2D eigenvalue weighted by Gasteiger charge is 2.44. The van der Waals surface area contributed by atoms with Crippen LogP contribution in [0.2, 0.25) is 5.02 Å². The van der Waals surface area contributed by atoms with E-state index in [1.165, 1.54) is 12.1 Å². The largest absolute Gasteiger partial charge is 0.481 e. The van der Waals surface area contributed by atoms with Gasteiger partial charge in [0.25, 0.3) is 0 Å². The molecule has 6 nitrogen and oxygen atoms in total. The van der Waals surface area contributed by atoms with E-state index in [1.807, 2.05) is 6.07 Å². The van der Waals surface area contributed by atoms with Gasteiger partial charge in [0.2, 0.25) is 0 Å². The van der Waals surface area contributed by atoms with Gasteiger partial charge in [0.15, 0.2) is 0 Å². The minimum Gasteiger partial charge on any atom is -0.481 e. The van der Waals surface area contributed by atoms with E-state index < -0.39 is 17.4 Å². The topological polar surface area (TPSA) is 102 Å². The second-order valence-electron chi connectivity index (χ2n) is 5.05. The third-order valence-electron chi connectivity index (χ3n) is 3.70. The maximum absolute atomic E-state index is 11.8. The van der Waals surface area contributed by atoms with Crippen molar-refractivity contribution in [3.05, 3.63) is 28.8 Å². The molecule has 0 spiro atoms. The predicted molar refractivity (Wildman–Crippen MR) is 77.1 cm³/mol. The van der Waals surface area contributed by atoms with Crippen LogP contribution in [0.5, 0.6) is 0 Å². The quantitative estimate of drug-likeness (QED) is 0.795. The molecule has 0 aliphatic heterocycles. The van der Waals surface area contributed by atoms with Crippen LogP contribution in [0.4, 0.5) is 10.5 Å². The second-order valence-corrected chi connectivity index (χ2v) is 5.46. The molecule has 21 heavy (non-hydrogen) atoms. The molecule has 2 amide bonds. The zero-order valence-electron chi connectivity index (χ0n) is 11.1. The van der Waals surface area contributed by atoms with Crippen LogP contribution in [0, 0.1) is 16.7 Å². The number of hydrogen-bond donors (Lipinski definition) is 3. The summed E-state index contributed by atoms with van der Waals surface area (Å²) in [4.78, 5) is 23.0. The van der Waals surface area contributed by atoms with Crippen molar-refractivity contribution in [3.8, 4) is 6.07 Å². The lowest BCUT2D eigenvalue weighted by Gasteiger charge is -2.37. The molecule has 110 valence electrons. The van der Waals surface area contributed by atoms with Gasteiger partial charge in [-0.3, -0.25) is 4.79 Å². The van der Waals surface area contributed by atoms with Crippen molar-refractivity contribution in [2.75, 3.05) is 11.9 Å². The highest BCUT2D eigenvalue weighted by Crippen LogP contribution is 2.40. The number of amides is 2. The van der Waals surface area contributed by atoms with Gasteiger partial charge in [-0.25, -0.2) is 4.79 Å². The Labute approximate surface area is 126 Å². The first-order chi connectivity index (χ1) is 9.97. The number of nitrogens with one attached hydrogen (secondary N) is 2. The Morgan fingerprint density at radius 1 is 1.43 bits per heavy atom. The lowest BCUT2D eigenvalue weighted by atomic mass is 9.69. The fraction of sp³-hybridized carbons (Fsp3) is 0.357. The normalized spacial score (nSPS) is 15.4. The molecule has 0 aromatic heterocycles. The minimum absolute atomic E-state index is 0.0731. The van der Waals surface area contributed by atoms with Gasteiger partial charge < -0.3 is 15.7 Å². The number of rotatable bonds is 4. The lowest BCUT2D eigenvalue weighted by Crippen LogP contribution is -2.48. The maximum atomic E-state index is 11.8. The molecule has 1 aliphatic rings. The van der Waals surface area contributed by atoms with Gasteiger partial charge in [-0.15, -0.1) is 0 Å². The van der Waals surface area contributed by atoms with E-state index >= 15 is 0 Å². The predicted octanol–water partition coefficient (Wildman–Crippen LogP) is 2.59. The summed E-state index contributed by atoms with van der Waals surface area (Å²) in [6, 6.07) is 5.92. The van der Waals surface area contributed by atoms with Crippen LogP contribution in [0.25, 0.3) is 0 Å². The van der Waals surface area contributed by atoms with E-state index in [1.54, 1.807) is 6.07 Å². The first-order valence-electron chi connectivity index (χ1n) is 6.45. The number of aliphatic carboxylic acids is 1. The van der Waals surface area contributed by atoms with Crippen molar-refractivity contribution in [1.29, 1.82) is 5.26 Å². The molecule has 0 heterocycles. The summed E-state index contributed by atoms with van der Waals surface area (Å²) >= 11 is 5.93. The molecule has 2 rings (SSSR count). The first kappa shape index (κ1) is 15.1. The van der Waals surface area contributed by atoms with Gasteiger partial charge in [0.05, 0.1) is 27.8 Å². The fourth-order valence-corrected chi connectivity index (χ4v) is 2.34. The highest BCUT2D eigenvalue weighted by atomic mass is 35.5. The fourth-order valence-electron chi connectivity index (χ4n) is 2.18. The molecule has 1 saturated carbocycles. The third kappa shape index (κ3) is 3.26. The minimum atomic E-state index is -0.890. The molecule has 0 radical (unpaired) electrons. The summed E-state index contributed by atoms with van der Waals surface area (Å²) in [6.45, 7) is 0.0731.